The average molecular weight is 371 g/mol. The maximum atomic E-state index is 12.0. The van der Waals surface area contributed by atoms with Gasteiger partial charge in [-0.1, -0.05) is 46.3 Å². The van der Waals surface area contributed by atoms with Crippen LogP contribution in [0, 0.1) is 0 Å². The summed E-state index contributed by atoms with van der Waals surface area (Å²) in [5, 5.41) is 6.51. The Bertz CT molecular complexity index is 801. The number of carbonyl (C=O) groups excluding carboxylic acids is 1. The van der Waals surface area contributed by atoms with Gasteiger partial charge in [0.25, 0.3) is 0 Å². The van der Waals surface area contributed by atoms with Crippen molar-refractivity contribution in [2.75, 3.05) is 0 Å². The van der Waals surface area contributed by atoms with Gasteiger partial charge in [-0.05, 0) is 23.8 Å². The first kappa shape index (κ1) is 14.5. The summed E-state index contributed by atoms with van der Waals surface area (Å²) < 4.78 is 6.91. The Hall–Kier alpha value is -2.14. The third-order valence-electron chi connectivity index (χ3n) is 4.22. The lowest BCUT2D eigenvalue weighted by molar-refractivity contribution is -0.135. The maximum absolute atomic E-state index is 12.0. The number of hydrogen-bond acceptors (Lipinski definition) is 4. The summed E-state index contributed by atoms with van der Waals surface area (Å²) in [7, 11) is 0. The van der Waals surface area contributed by atoms with Gasteiger partial charge in [-0.25, -0.2) is 5.01 Å². The molecule has 0 radical (unpaired) electrons. The van der Waals surface area contributed by atoms with Crippen LogP contribution in [0.15, 0.2) is 58.1 Å². The second-order valence-electron chi connectivity index (χ2n) is 5.77. The summed E-state index contributed by atoms with van der Waals surface area (Å²) in [6.07, 6.45) is 0.119. The van der Waals surface area contributed by atoms with Gasteiger partial charge in [0.05, 0.1) is 11.8 Å². The molecule has 0 bridgehead atoms. The normalized spacial score (nSPS) is 22.0. The summed E-state index contributed by atoms with van der Waals surface area (Å²) in [4.78, 5) is 12.0. The minimum Gasteiger partial charge on any atom is -0.461 e. The van der Waals surface area contributed by atoms with Crippen molar-refractivity contribution in [3.63, 3.8) is 0 Å². The predicted molar refractivity (Wildman–Crippen MR) is 91.4 cm³/mol. The molecule has 0 aliphatic carbocycles. The standard InChI is InChI=1S/C18H15BrN2O2/c1-11(22)18-21-16(14-4-2-3-5-17(14)23-18)10-15(20-21)12-6-8-13(19)9-7-12/h2-9,16,18H,10H2,1H3/t16-,18+/m1/s1. The number of ketones is 1. The van der Waals surface area contributed by atoms with E-state index in [0.29, 0.717) is 0 Å². The van der Waals surface area contributed by atoms with E-state index in [2.05, 4.69) is 15.9 Å². The van der Waals surface area contributed by atoms with Gasteiger partial charge in [0.2, 0.25) is 6.23 Å². The Morgan fingerprint density at radius 3 is 2.70 bits per heavy atom. The van der Waals surface area contributed by atoms with Crippen LogP contribution in [0.2, 0.25) is 0 Å². The van der Waals surface area contributed by atoms with E-state index < -0.39 is 6.23 Å². The number of fused-ring (bicyclic) bond motifs is 3. The molecule has 4 rings (SSSR count). The minimum atomic E-state index is -0.650. The lowest BCUT2D eigenvalue weighted by atomic mass is 9.96. The highest BCUT2D eigenvalue weighted by atomic mass is 79.9. The van der Waals surface area contributed by atoms with Crippen LogP contribution in [-0.4, -0.2) is 22.7 Å². The zero-order valence-corrected chi connectivity index (χ0v) is 14.2. The van der Waals surface area contributed by atoms with Crippen molar-refractivity contribution in [3.8, 4) is 5.75 Å². The molecule has 0 saturated carbocycles. The molecule has 0 N–H and O–H groups in total. The summed E-state index contributed by atoms with van der Waals surface area (Å²) in [6.45, 7) is 1.54. The van der Waals surface area contributed by atoms with Crippen LogP contribution in [0.25, 0.3) is 0 Å². The molecular weight excluding hydrogens is 356 g/mol. The summed E-state index contributed by atoms with van der Waals surface area (Å²) in [6, 6.07) is 16.0. The Kier molecular flexibility index (Phi) is 3.45. The molecule has 0 fully saturated rings. The quantitative estimate of drug-likeness (QED) is 0.804. The lowest BCUT2D eigenvalue weighted by Gasteiger charge is -2.36. The van der Waals surface area contributed by atoms with Crippen LogP contribution >= 0.6 is 15.9 Å². The first-order valence-corrected chi connectivity index (χ1v) is 8.30. The van der Waals surface area contributed by atoms with Crippen molar-refractivity contribution in [3.05, 3.63) is 64.1 Å². The molecule has 2 aliphatic heterocycles. The van der Waals surface area contributed by atoms with Crippen LogP contribution in [0.1, 0.15) is 30.5 Å². The monoisotopic (exact) mass is 370 g/mol. The number of halogens is 1. The molecule has 2 heterocycles. The number of para-hydroxylation sites is 1. The lowest BCUT2D eigenvalue weighted by Crippen LogP contribution is -2.44. The SMILES string of the molecule is CC(=O)[C@@H]1Oc2ccccc2[C@H]2CC(c3ccc(Br)cc3)=NN21. The van der Waals surface area contributed by atoms with E-state index in [1.807, 2.05) is 53.5 Å². The maximum Gasteiger partial charge on any atom is 0.246 e. The molecule has 2 aliphatic rings. The number of hydrazone groups is 1. The van der Waals surface area contributed by atoms with Gasteiger partial charge < -0.3 is 4.74 Å². The van der Waals surface area contributed by atoms with Crippen LogP contribution in [0.3, 0.4) is 0 Å². The second-order valence-corrected chi connectivity index (χ2v) is 6.69. The number of carbonyl (C=O) groups is 1. The van der Waals surface area contributed by atoms with Crippen molar-refractivity contribution < 1.29 is 9.53 Å². The molecule has 4 nitrogen and oxygen atoms in total. The van der Waals surface area contributed by atoms with Crippen LogP contribution < -0.4 is 4.74 Å². The van der Waals surface area contributed by atoms with Crippen molar-refractivity contribution in [2.24, 2.45) is 5.10 Å². The minimum absolute atomic E-state index is 0.0368. The van der Waals surface area contributed by atoms with Crippen molar-refractivity contribution in [2.45, 2.75) is 25.6 Å². The summed E-state index contributed by atoms with van der Waals surface area (Å²) in [5.41, 5.74) is 3.14. The van der Waals surface area contributed by atoms with E-state index in [9.17, 15) is 4.79 Å². The summed E-state index contributed by atoms with van der Waals surface area (Å²) >= 11 is 3.45. The van der Waals surface area contributed by atoms with Gasteiger partial charge in [0.15, 0.2) is 5.78 Å². The Morgan fingerprint density at radius 2 is 1.96 bits per heavy atom. The van der Waals surface area contributed by atoms with Crippen molar-refractivity contribution in [1.82, 2.24) is 5.01 Å². The molecule has 116 valence electrons. The topological polar surface area (TPSA) is 41.9 Å². The first-order valence-electron chi connectivity index (χ1n) is 7.51. The molecular formula is C18H15BrN2O2. The first-order chi connectivity index (χ1) is 11.1. The van der Waals surface area contributed by atoms with E-state index in [-0.39, 0.29) is 11.8 Å². The van der Waals surface area contributed by atoms with E-state index in [0.717, 1.165) is 33.5 Å². The fourth-order valence-corrected chi connectivity index (χ4v) is 3.38. The predicted octanol–water partition coefficient (Wildman–Crippen LogP) is 3.91. The molecule has 2 atom stereocenters. The van der Waals surface area contributed by atoms with E-state index in [1.165, 1.54) is 0 Å². The number of benzene rings is 2. The number of ether oxygens (including phenoxy) is 1. The van der Waals surface area contributed by atoms with Crippen molar-refractivity contribution in [1.29, 1.82) is 0 Å². The molecule has 0 spiro atoms. The van der Waals surface area contributed by atoms with Crippen LogP contribution in [0.5, 0.6) is 5.75 Å². The summed E-state index contributed by atoms with van der Waals surface area (Å²) in [5.74, 6) is 0.742. The molecule has 2 aromatic carbocycles. The smallest absolute Gasteiger partial charge is 0.246 e. The highest BCUT2D eigenvalue weighted by molar-refractivity contribution is 9.10. The molecule has 0 saturated heterocycles. The Labute approximate surface area is 142 Å². The Balaban J connectivity index is 1.75. The number of nitrogens with zero attached hydrogens (tertiary/aromatic N) is 2. The van der Waals surface area contributed by atoms with Crippen LogP contribution in [0.4, 0.5) is 0 Å². The number of Topliss-reactive ketones (excluding diaryl/α,β-unsaturated/α-hetero) is 1. The Morgan fingerprint density at radius 1 is 1.22 bits per heavy atom. The van der Waals surface area contributed by atoms with Gasteiger partial charge in [-0.2, -0.15) is 5.10 Å². The van der Waals surface area contributed by atoms with E-state index >= 15 is 0 Å². The molecule has 0 aromatic heterocycles. The molecule has 0 amide bonds. The molecule has 5 heteroatoms. The molecule has 2 aromatic rings. The number of rotatable bonds is 2. The average Bonchev–Trinajstić information content (AvgIpc) is 3.00. The van der Waals surface area contributed by atoms with Crippen LogP contribution in [-0.2, 0) is 4.79 Å². The fraction of sp³-hybridized carbons (Fsp3) is 0.222. The van der Waals surface area contributed by atoms with Gasteiger partial charge in [0, 0.05) is 23.4 Å². The van der Waals surface area contributed by atoms with Gasteiger partial charge in [-0.15, -0.1) is 0 Å². The highest BCUT2D eigenvalue weighted by Crippen LogP contribution is 2.42. The third-order valence-corrected chi connectivity index (χ3v) is 4.75. The van der Waals surface area contributed by atoms with Gasteiger partial charge >= 0.3 is 0 Å². The zero-order valence-electron chi connectivity index (χ0n) is 12.6. The zero-order chi connectivity index (χ0) is 16.0. The van der Waals surface area contributed by atoms with Crippen molar-refractivity contribution >= 4 is 27.4 Å². The van der Waals surface area contributed by atoms with Gasteiger partial charge in [0.1, 0.15) is 5.75 Å². The molecule has 23 heavy (non-hydrogen) atoms. The highest BCUT2D eigenvalue weighted by Gasteiger charge is 2.41. The second kappa shape index (κ2) is 5.49. The largest absolute Gasteiger partial charge is 0.461 e. The third kappa shape index (κ3) is 2.45. The van der Waals surface area contributed by atoms with Gasteiger partial charge in [-0.3, -0.25) is 4.79 Å². The number of hydrogen-bond donors (Lipinski definition) is 0. The van der Waals surface area contributed by atoms with E-state index in [4.69, 9.17) is 9.84 Å². The van der Waals surface area contributed by atoms with E-state index in [1.54, 1.807) is 6.92 Å². The fourth-order valence-electron chi connectivity index (χ4n) is 3.12. The molecule has 0 unspecified atom stereocenters.